The molecule has 1 aliphatic carbocycles. The quantitative estimate of drug-likeness (QED) is 0.727. The maximum Gasteiger partial charge on any atom is 0.248 e. The Bertz CT molecular complexity index is 906. The predicted molar refractivity (Wildman–Crippen MR) is 101 cm³/mol. The van der Waals surface area contributed by atoms with Crippen molar-refractivity contribution in [2.75, 3.05) is 0 Å². The molecule has 138 valence electrons. The van der Waals surface area contributed by atoms with E-state index in [1.165, 1.54) is 12.0 Å². The minimum atomic E-state index is -0.412. The second-order valence-electron chi connectivity index (χ2n) is 6.89. The molecule has 0 fully saturated rings. The second kappa shape index (κ2) is 7.72. The van der Waals surface area contributed by atoms with E-state index < -0.39 is 5.91 Å². The van der Waals surface area contributed by atoms with E-state index in [9.17, 15) is 4.79 Å². The molecule has 0 aliphatic heterocycles. The van der Waals surface area contributed by atoms with Crippen molar-refractivity contribution >= 4 is 5.91 Å². The number of nitrogens with zero attached hydrogens (tertiary/aromatic N) is 3. The van der Waals surface area contributed by atoms with Crippen molar-refractivity contribution in [2.24, 2.45) is 5.73 Å². The molecule has 0 bridgehead atoms. The number of carbonyl (C=O) groups excluding carboxylic acids is 1. The first-order valence-electron chi connectivity index (χ1n) is 9.14. The van der Waals surface area contributed by atoms with Crippen molar-refractivity contribution in [3.05, 3.63) is 83.3 Å². The number of hydrogen-bond donors (Lipinski definition) is 1. The van der Waals surface area contributed by atoms with Gasteiger partial charge in [0, 0.05) is 18.3 Å². The first kappa shape index (κ1) is 17.4. The predicted octanol–water partition coefficient (Wildman–Crippen LogP) is 3.25. The van der Waals surface area contributed by atoms with Gasteiger partial charge in [0.1, 0.15) is 5.76 Å². The third kappa shape index (κ3) is 3.90. The van der Waals surface area contributed by atoms with Crippen LogP contribution in [0.5, 0.6) is 0 Å². The van der Waals surface area contributed by atoms with Crippen molar-refractivity contribution in [3.8, 4) is 0 Å². The zero-order valence-electron chi connectivity index (χ0n) is 15.0. The number of primary amides is 1. The number of aromatic nitrogens is 2. The highest BCUT2D eigenvalue weighted by Gasteiger charge is 2.28. The number of fused-ring (bicyclic) bond motifs is 1. The van der Waals surface area contributed by atoms with Gasteiger partial charge in [0.2, 0.25) is 5.91 Å². The van der Waals surface area contributed by atoms with Gasteiger partial charge in [-0.1, -0.05) is 18.2 Å². The minimum absolute atomic E-state index is 0.218. The smallest absolute Gasteiger partial charge is 0.248 e. The van der Waals surface area contributed by atoms with E-state index in [2.05, 4.69) is 20.9 Å². The molecule has 1 aliphatic rings. The summed E-state index contributed by atoms with van der Waals surface area (Å²) in [5.41, 5.74) is 9.45. The van der Waals surface area contributed by atoms with Gasteiger partial charge in [-0.15, -0.1) is 0 Å². The van der Waals surface area contributed by atoms with Crippen LogP contribution in [0.25, 0.3) is 0 Å². The molecule has 1 aromatic carbocycles. The van der Waals surface area contributed by atoms with Gasteiger partial charge in [-0.25, -0.2) is 4.98 Å². The van der Waals surface area contributed by atoms with E-state index in [0.717, 1.165) is 42.8 Å². The number of nitrogens with two attached hydrogens (primary N) is 1. The van der Waals surface area contributed by atoms with E-state index in [0.29, 0.717) is 12.1 Å². The lowest BCUT2D eigenvalue weighted by Gasteiger charge is -2.34. The monoisotopic (exact) mass is 362 g/mol. The number of rotatable bonds is 6. The van der Waals surface area contributed by atoms with Crippen LogP contribution >= 0.6 is 0 Å². The number of amides is 1. The summed E-state index contributed by atoms with van der Waals surface area (Å²) in [6.07, 6.45) is 8.34. The van der Waals surface area contributed by atoms with Crippen LogP contribution in [0.4, 0.5) is 0 Å². The highest BCUT2D eigenvalue weighted by atomic mass is 16.3. The number of benzene rings is 1. The fourth-order valence-corrected chi connectivity index (χ4v) is 3.75. The summed E-state index contributed by atoms with van der Waals surface area (Å²) in [5, 5.41) is 0. The van der Waals surface area contributed by atoms with E-state index >= 15 is 0 Å². The van der Waals surface area contributed by atoms with Gasteiger partial charge in [0.15, 0.2) is 6.39 Å². The molecule has 6 heteroatoms. The average molecular weight is 362 g/mol. The Morgan fingerprint density at radius 1 is 1.22 bits per heavy atom. The number of hydrogen-bond acceptors (Lipinski definition) is 5. The second-order valence-corrected chi connectivity index (χ2v) is 6.89. The molecule has 2 N–H and O–H groups in total. The van der Waals surface area contributed by atoms with Gasteiger partial charge in [0.05, 0.1) is 24.5 Å². The van der Waals surface area contributed by atoms with Gasteiger partial charge in [0.25, 0.3) is 0 Å². The van der Waals surface area contributed by atoms with Crippen LogP contribution < -0.4 is 5.73 Å². The Kier molecular flexibility index (Phi) is 4.98. The number of oxazole rings is 1. The van der Waals surface area contributed by atoms with Crippen LogP contribution in [0.1, 0.15) is 51.8 Å². The van der Waals surface area contributed by atoms with Crippen LogP contribution in [-0.4, -0.2) is 20.8 Å². The van der Waals surface area contributed by atoms with E-state index in [4.69, 9.17) is 10.2 Å². The lowest BCUT2D eigenvalue weighted by molar-refractivity contribution is 0.1000. The maximum atomic E-state index is 11.3. The van der Waals surface area contributed by atoms with Crippen molar-refractivity contribution in [1.29, 1.82) is 0 Å². The van der Waals surface area contributed by atoms with Crippen LogP contribution in [0.15, 0.2) is 59.6 Å². The molecule has 0 saturated carbocycles. The number of carbonyl (C=O) groups is 1. The molecule has 0 saturated heterocycles. The SMILES string of the molecule is NC(=O)c1ccc(CN(Cc2cnco2)C2CCCc3cccnc32)cc1. The molecule has 2 heterocycles. The molecule has 1 amide bonds. The summed E-state index contributed by atoms with van der Waals surface area (Å²) in [6.45, 7) is 1.37. The molecule has 3 aromatic rings. The van der Waals surface area contributed by atoms with Crippen molar-refractivity contribution in [2.45, 2.75) is 38.4 Å². The van der Waals surface area contributed by atoms with Crippen LogP contribution in [-0.2, 0) is 19.5 Å². The van der Waals surface area contributed by atoms with Crippen molar-refractivity contribution < 1.29 is 9.21 Å². The highest BCUT2D eigenvalue weighted by molar-refractivity contribution is 5.92. The molecular formula is C21H22N4O2. The Balaban J connectivity index is 1.62. The molecule has 0 spiro atoms. The Hall–Kier alpha value is -2.99. The summed E-state index contributed by atoms with van der Waals surface area (Å²) >= 11 is 0. The van der Waals surface area contributed by atoms with Crippen molar-refractivity contribution in [3.63, 3.8) is 0 Å². The summed E-state index contributed by atoms with van der Waals surface area (Å²) in [7, 11) is 0. The Labute approximate surface area is 158 Å². The lowest BCUT2D eigenvalue weighted by atomic mass is 9.90. The van der Waals surface area contributed by atoms with Gasteiger partial charge < -0.3 is 10.2 Å². The summed E-state index contributed by atoms with van der Waals surface area (Å²) in [6, 6.07) is 11.9. The largest absolute Gasteiger partial charge is 0.447 e. The third-order valence-electron chi connectivity index (χ3n) is 5.07. The maximum absolute atomic E-state index is 11.3. The molecule has 2 aromatic heterocycles. The normalized spacial score (nSPS) is 16.3. The van der Waals surface area contributed by atoms with Crippen LogP contribution in [0, 0.1) is 0 Å². The topological polar surface area (TPSA) is 85.3 Å². The van der Waals surface area contributed by atoms with Crippen LogP contribution in [0.2, 0.25) is 0 Å². The first-order valence-corrected chi connectivity index (χ1v) is 9.14. The summed E-state index contributed by atoms with van der Waals surface area (Å²) < 4.78 is 5.50. The molecule has 6 nitrogen and oxygen atoms in total. The number of aryl methyl sites for hydroxylation is 1. The lowest BCUT2D eigenvalue weighted by Crippen LogP contribution is -2.31. The Morgan fingerprint density at radius 2 is 2.07 bits per heavy atom. The highest BCUT2D eigenvalue weighted by Crippen LogP contribution is 2.34. The van der Waals surface area contributed by atoms with E-state index in [-0.39, 0.29) is 6.04 Å². The zero-order valence-corrected chi connectivity index (χ0v) is 15.0. The molecule has 1 unspecified atom stereocenters. The average Bonchev–Trinajstić information content (AvgIpc) is 3.20. The van der Waals surface area contributed by atoms with Crippen LogP contribution in [0.3, 0.4) is 0 Å². The van der Waals surface area contributed by atoms with Gasteiger partial charge >= 0.3 is 0 Å². The Morgan fingerprint density at radius 3 is 2.81 bits per heavy atom. The molecule has 1 atom stereocenters. The fraction of sp³-hybridized carbons (Fsp3) is 0.286. The zero-order chi connectivity index (χ0) is 18.6. The molecule has 0 radical (unpaired) electrons. The van der Waals surface area contributed by atoms with Gasteiger partial charge in [-0.2, -0.15) is 0 Å². The van der Waals surface area contributed by atoms with E-state index in [1.807, 2.05) is 24.4 Å². The van der Waals surface area contributed by atoms with Gasteiger partial charge in [-0.3, -0.25) is 14.7 Å². The standard InChI is InChI=1S/C21H22N4O2/c22-21(26)17-8-6-15(7-9-17)12-25(13-18-11-23-14-27-18)19-5-1-3-16-4-2-10-24-20(16)19/h2,4,6-11,14,19H,1,3,5,12-13H2,(H2,22,26). The summed E-state index contributed by atoms with van der Waals surface area (Å²) in [5.74, 6) is 0.414. The summed E-state index contributed by atoms with van der Waals surface area (Å²) in [4.78, 5) is 22.4. The fourth-order valence-electron chi connectivity index (χ4n) is 3.75. The van der Waals surface area contributed by atoms with Crippen molar-refractivity contribution in [1.82, 2.24) is 14.9 Å². The molecule has 27 heavy (non-hydrogen) atoms. The van der Waals surface area contributed by atoms with E-state index in [1.54, 1.807) is 18.3 Å². The van der Waals surface area contributed by atoms with Gasteiger partial charge in [-0.05, 0) is 48.6 Å². The molecular weight excluding hydrogens is 340 g/mol. The molecule has 4 rings (SSSR count). The minimum Gasteiger partial charge on any atom is -0.447 e. The number of pyridine rings is 1. The third-order valence-corrected chi connectivity index (χ3v) is 5.07. The first-order chi connectivity index (χ1) is 13.2.